The number of anilines is 3. The maximum Gasteiger partial charge on any atom is 0.349 e. The number of carboxylic acids is 2. The first-order valence-corrected chi connectivity index (χ1v) is 25.3. The van der Waals surface area contributed by atoms with Gasteiger partial charge in [0.05, 0.1) is 16.3 Å². The molecule has 5 amide bonds. The lowest BCUT2D eigenvalue weighted by Crippen LogP contribution is -2.55. The Morgan fingerprint density at radius 2 is 1.65 bits per heavy atom. The lowest BCUT2D eigenvalue weighted by atomic mass is 9.85. The molecule has 3 saturated heterocycles. The van der Waals surface area contributed by atoms with Gasteiger partial charge in [-0.05, 0) is 110 Å². The van der Waals surface area contributed by atoms with Gasteiger partial charge < -0.3 is 30.5 Å². The number of imide groups is 1. The van der Waals surface area contributed by atoms with Crippen LogP contribution in [0.4, 0.5) is 21.9 Å². The SMILES string of the molecule is CC1(C)C[C@@H](Nc2cccc(-c3sc(C(=O)O)c(OCC(=O)O)c3Cl)c2)CCN1S(=O)(=O)Cc1cccc(NC(=O)N2CCC(c3ccc4c5c(cccc35)N(C3CCC(=O)NC3=O)C4=O)CC2)c1. The number of nitrogens with zero attached hydrogens (tertiary/aromatic N) is 3. The molecular formula is C49H49ClN6O11S2. The van der Waals surface area contributed by atoms with Gasteiger partial charge in [-0.3, -0.25) is 24.6 Å². The zero-order valence-electron chi connectivity index (χ0n) is 37.6. The Labute approximate surface area is 406 Å². The number of sulfonamides is 1. The standard InChI is InChI=1S/C49H49ClN6O11S2/c1-49(2)24-32(51-31-9-4-7-29(23-31)43-41(50)42(67-25-39(58)59)44(68-43)47(62)63)18-21-55(49)69(65,66)26-27-6-3-8-30(22-27)52-48(64)54-19-16-28(17-20-54)33-12-13-35-40-34(33)10-5-11-36(40)56(46(35)61)37-14-15-38(57)53-45(37)60/h3-13,22-23,28,32,37,51H,14-21,24-26H2,1-2H3,(H,52,64)(H,58,59)(H,62,63)(H,53,57,60)/t32-,37?/m0/s1. The third-order valence-corrected chi connectivity index (χ3v) is 17.0. The summed E-state index contributed by atoms with van der Waals surface area (Å²) < 4.78 is 34.9. The summed E-state index contributed by atoms with van der Waals surface area (Å²) in [7, 11) is -3.82. The number of piperidine rings is 3. The van der Waals surface area contributed by atoms with Crippen molar-refractivity contribution in [2.24, 2.45) is 0 Å². The third-order valence-electron chi connectivity index (χ3n) is 13.3. The van der Waals surface area contributed by atoms with Crippen LogP contribution in [0.3, 0.4) is 0 Å². The number of halogens is 1. The number of carboxylic acid groups (broad SMARTS) is 2. The summed E-state index contributed by atoms with van der Waals surface area (Å²) in [5, 5.41) is 29.3. The van der Waals surface area contributed by atoms with Crippen LogP contribution in [0.2, 0.25) is 5.02 Å². The van der Waals surface area contributed by atoms with Crippen LogP contribution in [-0.2, 0) is 30.2 Å². The van der Waals surface area contributed by atoms with Crippen molar-refractivity contribution in [2.75, 3.05) is 41.8 Å². The Morgan fingerprint density at radius 3 is 2.38 bits per heavy atom. The number of rotatable bonds is 13. The molecule has 5 aromatic rings. The molecule has 17 nitrogen and oxygen atoms in total. The number of ether oxygens (including phenoxy) is 1. The molecule has 360 valence electrons. The van der Waals surface area contributed by atoms with Gasteiger partial charge in [-0.1, -0.05) is 54.1 Å². The average molecular weight is 998 g/mol. The highest BCUT2D eigenvalue weighted by atomic mass is 35.5. The van der Waals surface area contributed by atoms with Crippen molar-refractivity contribution in [2.45, 2.75) is 81.7 Å². The van der Waals surface area contributed by atoms with Crippen LogP contribution in [0.25, 0.3) is 21.2 Å². The van der Waals surface area contributed by atoms with Crippen LogP contribution in [0.1, 0.15) is 89.4 Å². The molecule has 4 aliphatic heterocycles. The molecule has 69 heavy (non-hydrogen) atoms. The summed E-state index contributed by atoms with van der Waals surface area (Å²) in [6, 6.07) is 22.4. The molecule has 9 rings (SSSR count). The first kappa shape index (κ1) is 47.5. The van der Waals surface area contributed by atoms with E-state index in [9.17, 15) is 42.3 Å². The molecule has 0 bridgehead atoms. The number of urea groups is 1. The minimum atomic E-state index is -3.82. The van der Waals surface area contributed by atoms with Gasteiger partial charge in [-0.2, -0.15) is 4.31 Å². The zero-order valence-corrected chi connectivity index (χ0v) is 40.0. The third kappa shape index (κ3) is 9.47. The van der Waals surface area contributed by atoms with Gasteiger partial charge in [0.25, 0.3) is 5.91 Å². The minimum Gasteiger partial charge on any atom is -0.479 e. The molecule has 3 fully saturated rings. The summed E-state index contributed by atoms with van der Waals surface area (Å²) in [5.74, 6) is -4.02. The number of aliphatic carboxylic acids is 1. The van der Waals surface area contributed by atoms with E-state index >= 15 is 0 Å². The summed E-state index contributed by atoms with van der Waals surface area (Å²) >= 11 is 7.41. The van der Waals surface area contributed by atoms with Crippen LogP contribution >= 0.6 is 22.9 Å². The molecule has 2 atom stereocenters. The van der Waals surface area contributed by atoms with Gasteiger partial charge in [-0.15, -0.1) is 11.3 Å². The lowest BCUT2D eigenvalue weighted by Gasteiger charge is -2.45. The van der Waals surface area contributed by atoms with E-state index in [1.165, 1.54) is 9.21 Å². The van der Waals surface area contributed by atoms with Crippen molar-refractivity contribution >= 4 is 96.5 Å². The summed E-state index contributed by atoms with van der Waals surface area (Å²) in [6.45, 7) is 4.22. The molecule has 0 spiro atoms. The largest absolute Gasteiger partial charge is 0.479 e. The van der Waals surface area contributed by atoms with Gasteiger partial charge in [0.1, 0.15) is 11.1 Å². The number of hydrogen-bond donors (Lipinski definition) is 5. The Balaban J connectivity index is 0.803. The Kier molecular flexibility index (Phi) is 12.9. The normalized spacial score (nSPS) is 19.7. The minimum absolute atomic E-state index is 0.00340. The second-order valence-electron chi connectivity index (χ2n) is 18.4. The van der Waals surface area contributed by atoms with Gasteiger partial charge >= 0.3 is 18.0 Å². The number of likely N-dealkylation sites (tertiary alicyclic amines) is 1. The van der Waals surface area contributed by atoms with Gasteiger partial charge in [0.2, 0.25) is 21.8 Å². The fraction of sp³-hybridized carbons (Fsp3) is 0.347. The quantitative estimate of drug-likeness (QED) is 0.0713. The molecule has 5 heterocycles. The van der Waals surface area contributed by atoms with E-state index in [1.54, 1.807) is 47.4 Å². The van der Waals surface area contributed by atoms with E-state index in [0.717, 1.165) is 27.7 Å². The molecule has 5 N–H and O–H groups in total. The van der Waals surface area contributed by atoms with E-state index in [2.05, 4.69) is 16.0 Å². The molecule has 0 radical (unpaired) electrons. The number of carbonyl (C=O) groups excluding carboxylic acids is 4. The Morgan fingerprint density at radius 1 is 0.913 bits per heavy atom. The van der Waals surface area contributed by atoms with E-state index in [4.69, 9.17) is 21.4 Å². The summed E-state index contributed by atoms with van der Waals surface area (Å²) in [6.07, 6.45) is 2.75. The van der Waals surface area contributed by atoms with Crippen molar-refractivity contribution in [3.8, 4) is 16.2 Å². The molecular weight excluding hydrogens is 948 g/mol. The fourth-order valence-electron chi connectivity index (χ4n) is 10.2. The number of aromatic carboxylic acids is 1. The summed E-state index contributed by atoms with van der Waals surface area (Å²) in [5.41, 5.74) is 3.78. The van der Waals surface area contributed by atoms with Crippen molar-refractivity contribution in [1.29, 1.82) is 0 Å². The van der Waals surface area contributed by atoms with E-state index in [1.807, 2.05) is 50.2 Å². The predicted molar refractivity (Wildman–Crippen MR) is 261 cm³/mol. The van der Waals surface area contributed by atoms with Crippen LogP contribution in [0, 0.1) is 0 Å². The molecule has 0 saturated carbocycles. The van der Waals surface area contributed by atoms with Gasteiger partial charge in [0.15, 0.2) is 17.2 Å². The molecule has 4 aromatic carbocycles. The lowest BCUT2D eigenvalue weighted by molar-refractivity contribution is -0.139. The topological polar surface area (TPSA) is 232 Å². The van der Waals surface area contributed by atoms with Crippen molar-refractivity contribution in [1.82, 2.24) is 14.5 Å². The van der Waals surface area contributed by atoms with E-state index in [0.29, 0.717) is 77.4 Å². The van der Waals surface area contributed by atoms with Crippen LogP contribution in [0.5, 0.6) is 5.75 Å². The first-order valence-electron chi connectivity index (χ1n) is 22.5. The van der Waals surface area contributed by atoms with E-state index < -0.39 is 46.1 Å². The molecule has 4 aliphatic rings. The molecule has 0 aliphatic carbocycles. The second-order valence-corrected chi connectivity index (χ2v) is 21.7. The van der Waals surface area contributed by atoms with Crippen molar-refractivity contribution in [3.05, 3.63) is 105 Å². The zero-order chi connectivity index (χ0) is 48.9. The molecule has 1 aromatic heterocycles. The fourth-order valence-corrected chi connectivity index (χ4v) is 13.6. The second kappa shape index (κ2) is 18.8. The Hall–Kier alpha value is -6.54. The monoisotopic (exact) mass is 996 g/mol. The van der Waals surface area contributed by atoms with Crippen LogP contribution in [0.15, 0.2) is 78.9 Å². The number of hydrogen-bond acceptors (Lipinski definition) is 11. The first-order chi connectivity index (χ1) is 32.9. The highest BCUT2D eigenvalue weighted by Crippen LogP contribution is 2.47. The number of benzene rings is 4. The van der Waals surface area contributed by atoms with E-state index in [-0.39, 0.29) is 70.6 Å². The highest BCUT2D eigenvalue weighted by molar-refractivity contribution is 7.88. The maximum absolute atomic E-state index is 14.1. The van der Waals surface area contributed by atoms with Gasteiger partial charge in [-0.25, -0.2) is 22.8 Å². The number of amides is 5. The number of carbonyl (C=O) groups is 6. The number of nitrogens with one attached hydrogen (secondary N) is 3. The highest BCUT2D eigenvalue weighted by Gasteiger charge is 2.43. The predicted octanol–water partition coefficient (Wildman–Crippen LogP) is 7.75. The van der Waals surface area contributed by atoms with Crippen LogP contribution in [-0.4, -0.2) is 107 Å². The van der Waals surface area contributed by atoms with Crippen molar-refractivity contribution in [3.63, 3.8) is 0 Å². The Bertz CT molecular complexity index is 3060. The smallest absolute Gasteiger partial charge is 0.349 e. The van der Waals surface area contributed by atoms with Crippen LogP contribution < -0.4 is 25.6 Å². The molecule has 20 heteroatoms. The van der Waals surface area contributed by atoms with Gasteiger partial charge in [0, 0.05) is 60.0 Å². The molecule has 1 unspecified atom stereocenters. The average Bonchev–Trinajstić information content (AvgIpc) is 3.78. The van der Waals surface area contributed by atoms with Crippen molar-refractivity contribution < 1.29 is 52.1 Å². The summed E-state index contributed by atoms with van der Waals surface area (Å²) in [4.78, 5) is 78.4. The number of thiophene rings is 1. The maximum atomic E-state index is 14.1.